The van der Waals surface area contributed by atoms with Gasteiger partial charge >= 0.3 is 6.03 Å². The summed E-state index contributed by atoms with van der Waals surface area (Å²) < 4.78 is 5.27. The lowest BCUT2D eigenvalue weighted by Gasteiger charge is -2.25. The third-order valence-corrected chi connectivity index (χ3v) is 6.51. The first-order chi connectivity index (χ1) is 17.1. The lowest BCUT2D eigenvalue weighted by atomic mass is 9.96. The molecule has 1 aliphatic heterocycles. The van der Waals surface area contributed by atoms with Crippen molar-refractivity contribution in [2.45, 2.75) is 12.6 Å². The van der Waals surface area contributed by atoms with Crippen molar-refractivity contribution in [3.63, 3.8) is 0 Å². The largest absolute Gasteiger partial charge is 0.497 e. The molecular formula is C31H28N2O2. The molecule has 0 spiro atoms. The Kier molecular flexibility index (Phi) is 6.36. The summed E-state index contributed by atoms with van der Waals surface area (Å²) in [5.41, 5.74) is 6.24. The second kappa shape index (κ2) is 9.90. The van der Waals surface area contributed by atoms with Crippen LogP contribution in [0.2, 0.25) is 0 Å². The summed E-state index contributed by atoms with van der Waals surface area (Å²) in [6, 6.07) is 36.3. The number of para-hydroxylation sites is 1. The van der Waals surface area contributed by atoms with Crippen molar-refractivity contribution in [2.24, 2.45) is 0 Å². The van der Waals surface area contributed by atoms with E-state index in [0.29, 0.717) is 13.1 Å². The van der Waals surface area contributed by atoms with Gasteiger partial charge in [-0.05, 0) is 52.1 Å². The first-order valence-corrected chi connectivity index (χ1v) is 11.7. The molecule has 2 amide bonds. The Morgan fingerprint density at radius 3 is 2.06 bits per heavy atom. The summed E-state index contributed by atoms with van der Waals surface area (Å²) >= 11 is 0. The van der Waals surface area contributed by atoms with Gasteiger partial charge < -0.3 is 9.64 Å². The molecule has 1 fully saturated rings. The number of rotatable bonds is 7. The Morgan fingerprint density at radius 2 is 1.43 bits per heavy atom. The molecule has 0 aromatic heterocycles. The Morgan fingerprint density at radius 1 is 0.829 bits per heavy atom. The maximum Gasteiger partial charge on any atom is 0.325 e. The Labute approximate surface area is 206 Å². The Bertz CT molecular complexity index is 1300. The van der Waals surface area contributed by atoms with Gasteiger partial charge in [0.05, 0.1) is 13.2 Å². The van der Waals surface area contributed by atoms with Crippen molar-refractivity contribution < 1.29 is 9.53 Å². The van der Waals surface area contributed by atoms with Crippen LogP contribution >= 0.6 is 0 Å². The molecule has 0 saturated carbocycles. The smallest absolute Gasteiger partial charge is 0.325 e. The van der Waals surface area contributed by atoms with E-state index in [1.165, 1.54) is 5.56 Å². The molecule has 1 saturated heterocycles. The van der Waals surface area contributed by atoms with Crippen LogP contribution in [0.5, 0.6) is 5.75 Å². The molecule has 4 aromatic rings. The van der Waals surface area contributed by atoms with Gasteiger partial charge in [0.1, 0.15) is 5.75 Å². The maximum absolute atomic E-state index is 13.6. The van der Waals surface area contributed by atoms with E-state index in [2.05, 4.69) is 43.0 Å². The van der Waals surface area contributed by atoms with Crippen molar-refractivity contribution in [1.29, 1.82) is 0 Å². The number of hydrogen-bond donors (Lipinski definition) is 0. The SMILES string of the molecule is C=C(c1ccc(-c2ccccc2)cc1)C1CN(Cc2ccc(OC)cc2)C(=O)N1c1ccccc1. The lowest BCUT2D eigenvalue weighted by molar-refractivity contribution is 0.218. The number of nitrogens with zero attached hydrogens (tertiary/aromatic N) is 2. The van der Waals surface area contributed by atoms with E-state index in [9.17, 15) is 4.79 Å². The molecule has 5 rings (SSSR count). The molecular weight excluding hydrogens is 432 g/mol. The highest BCUT2D eigenvalue weighted by molar-refractivity contribution is 5.99. The molecule has 4 aromatic carbocycles. The van der Waals surface area contributed by atoms with Crippen LogP contribution in [0.4, 0.5) is 10.5 Å². The standard InChI is InChI=1S/C31H28N2O2/c1-23(25-15-17-27(18-16-25)26-9-5-3-6-10-26)30-22-32(21-24-13-19-29(35-2)20-14-24)31(34)33(30)28-11-7-4-8-12-28/h3-20,30H,1,21-22H2,2H3. The molecule has 4 heteroatoms. The summed E-state index contributed by atoms with van der Waals surface area (Å²) in [7, 11) is 1.65. The number of benzene rings is 4. The average Bonchev–Trinajstić information content (AvgIpc) is 3.25. The third kappa shape index (κ3) is 4.69. The summed E-state index contributed by atoms with van der Waals surface area (Å²) in [5.74, 6) is 0.803. The second-order valence-corrected chi connectivity index (χ2v) is 8.70. The fraction of sp³-hybridized carbons (Fsp3) is 0.129. The minimum atomic E-state index is -0.161. The van der Waals surface area contributed by atoms with Gasteiger partial charge in [-0.1, -0.05) is 91.5 Å². The van der Waals surface area contributed by atoms with E-state index in [0.717, 1.165) is 33.7 Å². The van der Waals surface area contributed by atoms with Crippen LogP contribution in [-0.4, -0.2) is 30.6 Å². The van der Waals surface area contributed by atoms with E-state index < -0.39 is 0 Å². The second-order valence-electron chi connectivity index (χ2n) is 8.70. The minimum absolute atomic E-state index is 0.0147. The van der Waals surface area contributed by atoms with E-state index in [1.807, 2.05) is 82.6 Å². The van der Waals surface area contributed by atoms with Gasteiger partial charge in [-0.2, -0.15) is 0 Å². The molecule has 4 nitrogen and oxygen atoms in total. The zero-order chi connectivity index (χ0) is 24.2. The van der Waals surface area contributed by atoms with Crippen LogP contribution in [0.3, 0.4) is 0 Å². The fourth-order valence-corrected chi connectivity index (χ4v) is 4.58. The van der Waals surface area contributed by atoms with Crippen LogP contribution < -0.4 is 9.64 Å². The highest BCUT2D eigenvalue weighted by Gasteiger charge is 2.39. The van der Waals surface area contributed by atoms with Crippen molar-refractivity contribution >= 4 is 17.3 Å². The van der Waals surface area contributed by atoms with Crippen LogP contribution in [0, 0.1) is 0 Å². The van der Waals surface area contributed by atoms with Crippen molar-refractivity contribution in [3.8, 4) is 16.9 Å². The van der Waals surface area contributed by atoms with Crippen LogP contribution in [0.25, 0.3) is 16.7 Å². The topological polar surface area (TPSA) is 32.8 Å². The van der Waals surface area contributed by atoms with Crippen LogP contribution in [0.15, 0.2) is 116 Å². The van der Waals surface area contributed by atoms with Crippen LogP contribution in [-0.2, 0) is 6.54 Å². The van der Waals surface area contributed by atoms with Gasteiger partial charge in [0.25, 0.3) is 0 Å². The molecule has 1 aliphatic rings. The molecule has 0 radical (unpaired) electrons. The normalized spacial score (nSPS) is 15.3. The zero-order valence-corrected chi connectivity index (χ0v) is 19.8. The molecule has 0 aliphatic carbocycles. The van der Waals surface area contributed by atoms with Gasteiger partial charge in [-0.15, -0.1) is 0 Å². The van der Waals surface area contributed by atoms with Crippen molar-refractivity contribution in [2.75, 3.05) is 18.6 Å². The first kappa shape index (κ1) is 22.5. The molecule has 0 N–H and O–H groups in total. The summed E-state index contributed by atoms with van der Waals surface area (Å²) in [5, 5.41) is 0. The molecule has 35 heavy (non-hydrogen) atoms. The number of anilines is 1. The molecule has 1 atom stereocenters. The number of urea groups is 1. The van der Waals surface area contributed by atoms with Gasteiger partial charge in [-0.3, -0.25) is 4.90 Å². The summed E-state index contributed by atoms with van der Waals surface area (Å²) in [6.45, 7) is 5.55. The van der Waals surface area contributed by atoms with Gasteiger partial charge in [0, 0.05) is 18.8 Å². The van der Waals surface area contributed by atoms with Gasteiger partial charge in [-0.25, -0.2) is 4.79 Å². The highest BCUT2D eigenvalue weighted by atomic mass is 16.5. The van der Waals surface area contributed by atoms with E-state index in [-0.39, 0.29) is 12.1 Å². The summed E-state index contributed by atoms with van der Waals surface area (Å²) in [6.07, 6.45) is 0. The predicted molar refractivity (Wildman–Crippen MR) is 142 cm³/mol. The number of carbonyl (C=O) groups is 1. The zero-order valence-electron chi connectivity index (χ0n) is 19.8. The number of carbonyl (C=O) groups excluding carboxylic acids is 1. The predicted octanol–water partition coefficient (Wildman–Crippen LogP) is 6.89. The number of hydrogen-bond acceptors (Lipinski definition) is 2. The highest BCUT2D eigenvalue weighted by Crippen LogP contribution is 2.33. The molecule has 174 valence electrons. The third-order valence-electron chi connectivity index (χ3n) is 6.51. The quantitative estimate of drug-likeness (QED) is 0.301. The minimum Gasteiger partial charge on any atom is -0.497 e. The first-order valence-electron chi connectivity index (χ1n) is 11.7. The molecule has 1 heterocycles. The fourth-order valence-electron chi connectivity index (χ4n) is 4.58. The van der Waals surface area contributed by atoms with Crippen molar-refractivity contribution in [3.05, 3.63) is 127 Å². The van der Waals surface area contributed by atoms with E-state index in [4.69, 9.17) is 4.74 Å². The Hall–Kier alpha value is -4.31. The Balaban J connectivity index is 1.42. The number of ether oxygens (including phenoxy) is 1. The van der Waals surface area contributed by atoms with E-state index in [1.54, 1.807) is 7.11 Å². The van der Waals surface area contributed by atoms with Gasteiger partial charge in [0.2, 0.25) is 0 Å². The summed E-state index contributed by atoms with van der Waals surface area (Å²) in [4.78, 5) is 17.4. The monoisotopic (exact) mass is 460 g/mol. The van der Waals surface area contributed by atoms with Gasteiger partial charge in [0.15, 0.2) is 0 Å². The number of amides is 2. The maximum atomic E-state index is 13.6. The van der Waals surface area contributed by atoms with Crippen LogP contribution in [0.1, 0.15) is 11.1 Å². The molecule has 1 unspecified atom stereocenters. The number of methoxy groups -OCH3 is 1. The van der Waals surface area contributed by atoms with Crippen molar-refractivity contribution in [1.82, 2.24) is 4.90 Å². The average molecular weight is 461 g/mol. The lowest BCUT2D eigenvalue weighted by Crippen LogP contribution is -2.35. The van der Waals surface area contributed by atoms with E-state index >= 15 is 0 Å². The molecule has 0 bridgehead atoms.